The van der Waals surface area contributed by atoms with Crippen molar-refractivity contribution in [3.8, 4) is 0 Å². The van der Waals surface area contributed by atoms with E-state index in [0.29, 0.717) is 13.1 Å². The number of aromatic amines is 1. The highest BCUT2D eigenvalue weighted by Gasteiger charge is 2.22. The van der Waals surface area contributed by atoms with Crippen molar-refractivity contribution in [1.82, 2.24) is 14.3 Å². The highest BCUT2D eigenvalue weighted by molar-refractivity contribution is 7.99. The Bertz CT molecular complexity index is 1020. The summed E-state index contributed by atoms with van der Waals surface area (Å²) in [5.74, 6) is -0.492. The van der Waals surface area contributed by atoms with Crippen molar-refractivity contribution >= 4 is 50.8 Å². The fraction of sp³-hybridized carbons (Fsp3) is 0.312. The molecule has 0 aliphatic heterocycles. The average molecular weight is 446 g/mol. The summed E-state index contributed by atoms with van der Waals surface area (Å²) in [6.07, 6.45) is 0. The number of nitrogens with zero attached hydrogens (tertiary/aromatic N) is 2. The lowest BCUT2D eigenvalue weighted by atomic mass is 10.3. The molecule has 0 fully saturated rings. The number of nitrogens with one attached hydrogen (secondary N) is 2. The van der Waals surface area contributed by atoms with E-state index in [1.54, 1.807) is 13.8 Å². The molecule has 0 aliphatic rings. The molecule has 1 heterocycles. The van der Waals surface area contributed by atoms with E-state index < -0.39 is 21.5 Å². The first-order valence-corrected chi connectivity index (χ1v) is 11.1. The second-order valence-corrected chi connectivity index (χ2v) is 8.85. The van der Waals surface area contributed by atoms with Crippen LogP contribution in [0.5, 0.6) is 0 Å². The molecule has 152 valence electrons. The van der Waals surface area contributed by atoms with Crippen LogP contribution in [0.25, 0.3) is 0 Å². The number of sulfonamides is 1. The zero-order valence-corrected chi connectivity index (χ0v) is 17.6. The third kappa shape index (κ3) is 5.47. The van der Waals surface area contributed by atoms with Crippen LogP contribution in [0.2, 0.25) is 5.02 Å². The Labute approximate surface area is 171 Å². The Kier molecular flexibility index (Phi) is 7.47. The van der Waals surface area contributed by atoms with E-state index in [9.17, 15) is 18.0 Å². The molecule has 1 aromatic heterocycles. The number of rotatable bonds is 8. The summed E-state index contributed by atoms with van der Waals surface area (Å²) < 4.78 is 26.6. The van der Waals surface area contributed by atoms with Gasteiger partial charge in [-0.15, -0.1) is 0 Å². The van der Waals surface area contributed by atoms with Crippen molar-refractivity contribution in [2.75, 3.05) is 29.9 Å². The molecule has 28 heavy (non-hydrogen) atoms. The summed E-state index contributed by atoms with van der Waals surface area (Å²) >= 11 is 7.07. The van der Waals surface area contributed by atoms with Gasteiger partial charge in [0, 0.05) is 19.2 Å². The van der Waals surface area contributed by atoms with Crippen molar-refractivity contribution in [2.24, 2.45) is 0 Å². The molecule has 4 N–H and O–H groups in total. The van der Waals surface area contributed by atoms with E-state index in [-0.39, 0.29) is 32.3 Å². The Morgan fingerprint density at radius 2 is 2.00 bits per heavy atom. The SMILES string of the molecule is CCN(CC)S(=O)(=O)c1ccc(Cl)c(NC(=O)CSc2nc(N)cc(=O)[nH]2)c1. The van der Waals surface area contributed by atoms with Gasteiger partial charge in [0.1, 0.15) is 5.82 Å². The van der Waals surface area contributed by atoms with Gasteiger partial charge in [0.2, 0.25) is 15.9 Å². The van der Waals surface area contributed by atoms with Gasteiger partial charge in [-0.1, -0.05) is 37.2 Å². The smallest absolute Gasteiger partial charge is 0.253 e. The van der Waals surface area contributed by atoms with Gasteiger partial charge in [0.15, 0.2) is 5.16 Å². The maximum atomic E-state index is 12.6. The third-order valence-electron chi connectivity index (χ3n) is 3.63. The van der Waals surface area contributed by atoms with Gasteiger partial charge in [-0.05, 0) is 18.2 Å². The molecule has 2 rings (SSSR count). The van der Waals surface area contributed by atoms with Crippen LogP contribution < -0.4 is 16.6 Å². The van der Waals surface area contributed by atoms with Crippen molar-refractivity contribution in [3.63, 3.8) is 0 Å². The monoisotopic (exact) mass is 445 g/mol. The zero-order chi connectivity index (χ0) is 20.9. The van der Waals surface area contributed by atoms with Crippen LogP contribution in [-0.2, 0) is 14.8 Å². The zero-order valence-electron chi connectivity index (χ0n) is 15.2. The number of H-pyrrole nitrogens is 1. The van der Waals surface area contributed by atoms with E-state index in [4.69, 9.17) is 17.3 Å². The molecule has 0 aliphatic carbocycles. The second-order valence-electron chi connectivity index (χ2n) is 5.54. The number of carbonyl (C=O) groups is 1. The quantitative estimate of drug-likeness (QED) is 0.415. The van der Waals surface area contributed by atoms with E-state index in [1.807, 2.05) is 0 Å². The van der Waals surface area contributed by atoms with E-state index >= 15 is 0 Å². The number of carbonyl (C=O) groups excluding carboxylic acids is 1. The molecule has 1 amide bonds. The maximum Gasteiger partial charge on any atom is 0.253 e. The minimum absolute atomic E-state index is 0.0328. The molecule has 0 saturated carbocycles. The summed E-state index contributed by atoms with van der Waals surface area (Å²) in [4.78, 5) is 30.0. The minimum atomic E-state index is -3.69. The number of hydrogen-bond donors (Lipinski definition) is 3. The predicted molar refractivity (Wildman–Crippen MR) is 110 cm³/mol. The summed E-state index contributed by atoms with van der Waals surface area (Å²) in [5.41, 5.74) is 5.24. The number of aromatic nitrogens is 2. The lowest BCUT2D eigenvalue weighted by Crippen LogP contribution is -2.30. The molecule has 2 aromatic rings. The standard InChI is InChI=1S/C16H20ClN5O4S2/c1-3-22(4-2)28(25,26)10-5-6-11(17)12(7-10)19-15(24)9-27-16-20-13(18)8-14(23)21-16/h5-8H,3-4,9H2,1-2H3,(H,19,24)(H3,18,20,21,23). The average Bonchev–Trinajstić information content (AvgIpc) is 2.61. The number of halogens is 1. The van der Waals surface area contributed by atoms with E-state index in [2.05, 4.69) is 15.3 Å². The largest absolute Gasteiger partial charge is 0.383 e. The lowest BCUT2D eigenvalue weighted by molar-refractivity contribution is -0.113. The fourth-order valence-electron chi connectivity index (χ4n) is 2.32. The van der Waals surface area contributed by atoms with Crippen LogP contribution >= 0.6 is 23.4 Å². The van der Waals surface area contributed by atoms with Crippen LogP contribution in [0, 0.1) is 0 Å². The first-order valence-electron chi connectivity index (χ1n) is 8.26. The Morgan fingerprint density at radius 1 is 1.32 bits per heavy atom. The van der Waals surface area contributed by atoms with Gasteiger partial charge in [-0.2, -0.15) is 4.31 Å². The number of amides is 1. The van der Waals surface area contributed by atoms with E-state index in [1.165, 1.54) is 22.5 Å². The Morgan fingerprint density at radius 3 is 2.61 bits per heavy atom. The van der Waals surface area contributed by atoms with Gasteiger partial charge < -0.3 is 16.0 Å². The topological polar surface area (TPSA) is 138 Å². The summed E-state index contributed by atoms with van der Waals surface area (Å²) in [7, 11) is -3.69. The number of nitrogen functional groups attached to an aromatic ring is 1. The van der Waals surface area contributed by atoms with Crippen LogP contribution in [0.4, 0.5) is 11.5 Å². The van der Waals surface area contributed by atoms with Gasteiger partial charge >= 0.3 is 0 Å². The van der Waals surface area contributed by atoms with Gasteiger partial charge in [0.25, 0.3) is 5.56 Å². The van der Waals surface area contributed by atoms with Gasteiger partial charge in [-0.25, -0.2) is 13.4 Å². The number of nitrogens with two attached hydrogens (primary N) is 1. The Balaban J connectivity index is 2.15. The number of benzene rings is 1. The van der Waals surface area contributed by atoms with E-state index in [0.717, 1.165) is 17.8 Å². The maximum absolute atomic E-state index is 12.6. The molecule has 12 heteroatoms. The molecular weight excluding hydrogens is 426 g/mol. The predicted octanol–water partition coefficient (Wildman–Crippen LogP) is 1.77. The fourth-order valence-corrected chi connectivity index (χ4v) is 4.65. The van der Waals surface area contributed by atoms with Crippen molar-refractivity contribution in [2.45, 2.75) is 23.9 Å². The van der Waals surface area contributed by atoms with Crippen molar-refractivity contribution < 1.29 is 13.2 Å². The van der Waals surface area contributed by atoms with Gasteiger partial charge in [0.05, 0.1) is 21.4 Å². The molecule has 0 saturated heterocycles. The first-order chi connectivity index (χ1) is 13.2. The summed E-state index contributed by atoms with van der Waals surface area (Å²) in [6, 6.07) is 5.25. The molecule has 9 nitrogen and oxygen atoms in total. The third-order valence-corrected chi connectivity index (χ3v) is 6.88. The van der Waals surface area contributed by atoms with Crippen LogP contribution in [0.1, 0.15) is 13.8 Å². The number of thioether (sulfide) groups is 1. The summed E-state index contributed by atoms with van der Waals surface area (Å²) in [6.45, 7) is 4.13. The second kappa shape index (κ2) is 9.41. The van der Waals surface area contributed by atoms with Crippen molar-refractivity contribution in [3.05, 3.63) is 39.6 Å². The highest BCUT2D eigenvalue weighted by Crippen LogP contribution is 2.27. The molecule has 0 radical (unpaired) electrons. The number of anilines is 2. The van der Waals surface area contributed by atoms with Crippen LogP contribution in [0.3, 0.4) is 0 Å². The molecule has 0 atom stereocenters. The summed E-state index contributed by atoms with van der Waals surface area (Å²) in [5, 5.41) is 2.97. The molecule has 1 aromatic carbocycles. The first kappa shape index (κ1) is 22.2. The van der Waals surface area contributed by atoms with Gasteiger partial charge in [-0.3, -0.25) is 9.59 Å². The number of hydrogen-bond acceptors (Lipinski definition) is 7. The highest BCUT2D eigenvalue weighted by atomic mass is 35.5. The molecular formula is C16H20ClN5O4S2. The lowest BCUT2D eigenvalue weighted by Gasteiger charge is -2.19. The van der Waals surface area contributed by atoms with Crippen LogP contribution in [-0.4, -0.2) is 47.4 Å². The minimum Gasteiger partial charge on any atom is -0.383 e. The molecule has 0 unspecified atom stereocenters. The molecule has 0 spiro atoms. The molecule has 0 bridgehead atoms. The van der Waals surface area contributed by atoms with Crippen LogP contribution in [0.15, 0.2) is 39.1 Å². The van der Waals surface area contributed by atoms with Crippen molar-refractivity contribution in [1.29, 1.82) is 0 Å². The Hall–Kier alpha value is -2.08. The normalized spacial score (nSPS) is 11.6.